The maximum absolute atomic E-state index is 15.2. The monoisotopic (exact) mass is 473 g/mol. The van der Waals surface area contributed by atoms with Crippen LogP contribution in [0.2, 0.25) is 10.0 Å². The number of aliphatic imine (C=N–C) groups is 1. The van der Waals surface area contributed by atoms with Gasteiger partial charge in [-0.25, -0.2) is 8.78 Å². The zero-order chi connectivity index (χ0) is 22.7. The Morgan fingerprint density at radius 2 is 1.88 bits per heavy atom. The molecular weight excluding hydrogens is 459 g/mol. The molecule has 3 aromatic carbocycles. The van der Waals surface area contributed by atoms with Crippen molar-refractivity contribution in [2.75, 3.05) is 7.05 Å². The van der Waals surface area contributed by atoms with Gasteiger partial charge in [0.2, 0.25) is 5.89 Å². The second-order valence-electron chi connectivity index (χ2n) is 6.72. The van der Waals surface area contributed by atoms with E-state index >= 15 is 4.39 Å². The number of benzene rings is 3. The van der Waals surface area contributed by atoms with Crippen LogP contribution in [-0.4, -0.2) is 23.5 Å². The third kappa shape index (κ3) is 4.79. The lowest BCUT2D eigenvalue weighted by atomic mass is 10.1. The molecule has 0 spiro atoms. The van der Waals surface area contributed by atoms with Crippen LogP contribution in [0.25, 0.3) is 11.5 Å². The first-order valence-electron chi connectivity index (χ1n) is 9.39. The van der Waals surface area contributed by atoms with Crippen molar-refractivity contribution in [1.29, 1.82) is 0 Å². The molecule has 0 atom stereocenters. The third-order valence-corrected chi connectivity index (χ3v) is 4.95. The van der Waals surface area contributed by atoms with Gasteiger partial charge >= 0.3 is 0 Å². The van der Waals surface area contributed by atoms with E-state index in [2.05, 4.69) is 15.2 Å². The van der Waals surface area contributed by atoms with Gasteiger partial charge in [-0.2, -0.15) is 0 Å². The minimum atomic E-state index is -0.686. The van der Waals surface area contributed by atoms with Crippen molar-refractivity contribution in [2.24, 2.45) is 4.99 Å². The Morgan fingerprint density at radius 3 is 2.66 bits per heavy atom. The summed E-state index contributed by atoms with van der Waals surface area (Å²) >= 11 is 12.3. The van der Waals surface area contributed by atoms with E-state index in [1.165, 1.54) is 30.3 Å². The molecule has 0 aliphatic heterocycles. The molecule has 0 amide bonds. The third-order valence-electron chi connectivity index (χ3n) is 4.43. The fourth-order valence-corrected chi connectivity index (χ4v) is 3.44. The Balaban J connectivity index is 1.61. The quantitative estimate of drug-likeness (QED) is 0.290. The Labute approximate surface area is 192 Å². The summed E-state index contributed by atoms with van der Waals surface area (Å²) in [6, 6.07) is 13.9. The van der Waals surface area contributed by atoms with Crippen LogP contribution < -0.4 is 4.74 Å². The summed E-state index contributed by atoms with van der Waals surface area (Å²) < 4.78 is 40.4. The summed E-state index contributed by atoms with van der Waals surface area (Å²) in [6.45, 7) is 0. The molecule has 0 saturated carbocycles. The van der Waals surface area contributed by atoms with Crippen molar-refractivity contribution in [3.63, 3.8) is 0 Å². The van der Waals surface area contributed by atoms with Crippen LogP contribution in [0.1, 0.15) is 17.0 Å². The van der Waals surface area contributed by atoms with Gasteiger partial charge in [0.05, 0.1) is 17.0 Å². The summed E-state index contributed by atoms with van der Waals surface area (Å²) in [7, 11) is 1.62. The maximum Gasteiger partial charge on any atom is 0.250 e. The van der Waals surface area contributed by atoms with Gasteiger partial charge in [0.1, 0.15) is 11.6 Å². The molecule has 9 heteroatoms. The molecule has 4 rings (SSSR count). The largest absolute Gasteiger partial charge is 0.453 e. The fraction of sp³-hybridized carbons (Fsp3) is 0.0870. The molecule has 1 heterocycles. The second kappa shape index (κ2) is 9.46. The summed E-state index contributed by atoms with van der Waals surface area (Å²) in [6.07, 6.45) is 1.56. The predicted octanol–water partition coefficient (Wildman–Crippen LogP) is 6.75. The van der Waals surface area contributed by atoms with E-state index in [1.807, 2.05) is 0 Å². The molecule has 5 nitrogen and oxygen atoms in total. The minimum absolute atomic E-state index is 0.00740. The number of ether oxygens (including phenoxy) is 1. The van der Waals surface area contributed by atoms with Crippen LogP contribution in [0.15, 0.2) is 64.0 Å². The number of hydrogen-bond acceptors (Lipinski definition) is 5. The van der Waals surface area contributed by atoms with E-state index in [0.717, 1.165) is 0 Å². The lowest BCUT2D eigenvalue weighted by Crippen LogP contribution is -1.98. The zero-order valence-corrected chi connectivity index (χ0v) is 18.2. The fourth-order valence-electron chi connectivity index (χ4n) is 3.02. The molecule has 32 heavy (non-hydrogen) atoms. The molecule has 0 fully saturated rings. The van der Waals surface area contributed by atoms with Gasteiger partial charge in [0.15, 0.2) is 11.6 Å². The van der Waals surface area contributed by atoms with E-state index in [0.29, 0.717) is 16.3 Å². The van der Waals surface area contributed by atoms with Gasteiger partial charge in [0, 0.05) is 23.8 Å². The normalized spacial score (nSPS) is 11.3. The Morgan fingerprint density at radius 1 is 1.06 bits per heavy atom. The van der Waals surface area contributed by atoms with Gasteiger partial charge < -0.3 is 9.15 Å². The van der Waals surface area contributed by atoms with Crippen LogP contribution in [0.3, 0.4) is 0 Å². The Bertz CT molecular complexity index is 1310. The lowest BCUT2D eigenvalue weighted by molar-refractivity contribution is 0.437. The summed E-state index contributed by atoms with van der Waals surface area (Å²) in [5.41, 5.74) is 1.07. The lowest BCUT2D eigenvalue weighted by Gasteiger charge is -2.12. The molecule has 0 N–H and O–H groups in total. The molecule has 4 aromatic rings. The summed E-state index contributed by atoms with van der Waals surface area (Å²) in [5, 5.41) is 8.23. The average Bonchev–Trinajstić information content (AvgIpc) is 3.22. The summed E-state index contributed by atoms with van der Waals surface area (Å²) in [5.74, 6) is -0.934. The molecule has 0 aliphatic carbocycles. The van der Waals surface area contributed by atoms with E-state index in [1.54, 1.807) is 37.5 Å². The van der Waals surface area contributed by atoms with Crippen molar-refractivity contribution < 1.29 is 17.9 Å². The van der Waals surface area contributed by atoms with Gasteiger partial charge in [-0.1, -0.05) is 41.4 Å². The highest BCUT2D eigenvalue weighted by Gasteiger charge is 2.19. The molecule has 0 bridgehead atoms. The molecule has 0 radical (unpaired) electrons. The first-order valence-corrected chi connectivity index (χ1v) is 10.1. The van der Waals surface area contributed by atoms with Crippen molar-refractivity contribution in [3.05, 3.63) is 93.3 Å². The molecule has 1 aromatic heterocycles. The van der Waals surface area contributed by atoms with E-state index in [9.17, 15) is 4.39 Å². The molecule has 0 saturated heterocycles. The number of aromatic nitrogens is 2. The highest BCUT2D eigenvalue weighted by Crippen LogP contribution is 2.36. The SMILES string of the molecule is CN=Cc1cc(Cl)cc(Oc2c(Cl)ccc(Cc3nnc(-c4ccccc4F)o3)c2F)c1. The first-order chi connectivity index (χ1) is 15.4. The molecule has 0 unspecified atom stereocenters. The Hall–Kier alpha value is -3.29. The number of nitrogens with zero attached hydrogens (tertiary/aromatic N) is 3. The first kappa shape index (κ1) is 21.9. The van der Waals surface area contributed by atoms with Gasteiger partial charge in [-0.15, -0.1) is 10.2 Å². The topological polar surface area (TPSA) is 60.5 Å². The Kier molecular flexibility index (Phi) is 6.48. The van der Waals surface area contributed by atoms with Crippen LogP contribution in [0.4, 0.5) is 8.78 Å². The van der Waals surface area contributed by atoms with Crippen molar-refractivity contribution in [3.8, 4) is 23.0 Å². The van der Waals surface area contributed by atoms with Gasteiger partial charge in [-0.3, -0.25) is 4.99 Å². The highest BCUT2D eigenvalue weighted by molar-refractivity contribution is 6.32. The number of halogens is 4. The smallest absolute Gasteiger partial charge is 0.250 e. The summed E-state index contributed by atoms with van der Waals surface area (Å²) in [4.78, 5) is 3.93. The van der Waals surface area contributed by atoms with Crippen LogP contribution in [-0.2, 0) is 6.42 Å². The second-order valence-corrected chi connectivity index (χ2v) is 7.56. The minimum Gasteiger partial charge on any atom is -0.453 e. The van der Waals surface area contributed by atoms with Crippen LogP contribution in [0, 0.1) is 11.6 Å². The van der Waals surface area contributed by atoms with Crippen molar-refractivity contribution in [1.82, 2.24) is 10.2 Å². The highest BCUT2D eigenvalue weighted by atomic mass is 35.5. The van der Waals surface area contributed by atoms with Gasteiger partial charge in [0.25, 0.3) is 5.89 Å². The average molecular weight is 474 g/mol. The van der Waals surface area contributed by atoms with Gasteiger partial charge in [-0.05, 0) is 42.0 Å². The predicted molar refractivity (Wildman–Crippen MR) is 119 cm³/mol. The van der Waals surface area contributed by atoms with Crippen molar-refractivity contribution >= 4 is 29.4 Å². The number of rotatable bonds is 6. The maximum atomic E-state index is 15.2. The molecule has 162 valence electrons. The zero-order valence-electron chi connectivity index (χ0n) is 16.7. The van der Waals surface area contributed by atoms with E-state index in [-0.39, 0.29) is 40.1 Å². The van der Waals surface area contributed by atoms with Crippen molar-refractivity contribution in [2.45, 2.75) is 6.42 Å². The molecule has 0 aliphatic rings. The standard InChI is InChI=1S/C23H15Cl2F2N3O2/c1-28-12-13-8-15(24)11-16(9-13)31-22-18(25)7-6-14(21(22)27)10-20-29-30-23(32-20)17-4-2-3-5-19(17)26/h2-9,11-12H,10H2,1H3. The van der Waals surface area contributed by atoms with Crippen LogP contribution >= 0.6 is 23.2 Å². The molecular formula is C23H15Cl2F2N3O2. The van der Waals surface area contributed by atoms with E-state index in [4.69, 9.17) is 32.4 Å². The van der Waals surface area contributed by atoms with Crippen LogP contribution in [0.5, 0.6) is 11.5 Å². The number of hydrogen-bond donors (Lipinski definition) is 0. The van der Waals surface area contributed by atoms with E-state index < -0.39 is 11.6 Å².